The van der Waals surface area contributed by atoms with Crippen molar-refractivity contribution in [3.8, 4) is 0 Å². The molecule has 0 saturated heterocycles. The summed E-state index contributed by atoms with van der Waals surface area (Å²) in [6.07, 6.45) is -13.2. The van der Waals surface area contributed by atoms with E-state index in [1.54, 1.807) is 0 Å². The monoisotopic (exact) mass is 320 g/mol. The largest absolute Gasteiger partial charge is 0.459 e. The van der Waals surface area contributed by atoms with E-state index in [1.807, 2.05) is 0 Å². The van der Waals surface area contributed by atoms with Crippen LogP contribution in [0.2, 0.25) is 0 Å². The number of halogens is 6. The molecule has 122 valence electrons. The third-order valence-corrected chi connectivity index (χ3v) is 3.54. The average Bonchev–Trinajstić information content (AvgIpc) is 2.35. The van der Waals surface area contributed by atoms with Crippen molar-refractivity contribution in [1.82, 2.24) is 0 Å². The Morgan fingerprint density at radius 1 is 1.10 bits per heavy atom. The van der Waals surface area contributed by atoms with E-state index in [-0.39, 0.29) is 12.8 Å². The quantitative estimate of drug-likeness (QED) is 0.494. The van der Waals surface area contributed by atoms with E-state index in [0.29, 0.717) is 12.5 Å². The molecule has 0 aromatic rings. The van der Waals surface area contributed by atoms with Crippen LogP contribution in [0.3, 0.4) is 0 Å². The summed E-state index contributed by atoms with van der Waals surface area (Å²) in [5.41, 5.74) is -4.91. The first kappa shape index (κ1) is 17.8. The number of carbonyl (C=O) groups excluding carboxylic acids is 1. The Kier molecular flexibility index (Phi) is 4.97. The predicted molar refractivity (Wildman–Crippen MR) is 59.1 cm³/mol. The minimum absolute atomic E-state index is 0.0707. The maximum atomic E-state index is 12.8. The molecule has 0 aliphatic heterocycles. The van der Waals surface area contributed by atoms with Crippen molar-refractivity contribution in [2.75, 3.05) is 0 Å². The van der Waals surface area contributed by atoms with Crippen molar-refractivity contribution in [2.24, 2.45) is 5.92 Å². The van der Waals surface area contributed by atoms with Gasteiger partial charge in [0.25, 0.3) is 5.60 Å². The highest BCUT2D eigenvalue weighted by Crippen LogP contribution is 2.52. The van der Waals surface area contributed by atoms with Crippen LogP contribution in [-0.2, 0) is 9.53 Å². The lowest BCUT2D eigenvalue weighted by atomic mass is 9.74. The number of aliphatic hydroxyl groups is 1. The molecular weight excluding hydrogens is 306 g/mol. The topological polar surface area (TPSA) is 46.5 Å². The first-order valence-corrected chi connectivity index (χ1v) is 6.14. The number of esters is 1. The van der Waals surface area contributed by atoms with E-state index in [0.717, 1.165) is 0 Å². The smallest absolute Gasteiger partial charge is 0.426 e. The Labute approximate surface area is 116 Å². The van der Waals surface area contributed by atoms with Crippen molar-refractivity contribution in [1.29, 1.82) is 0 Å². The van der Waals surface area contributed by atoms with Crippen LogP contribution >= 0.6 is 0 Å². The molecule has 1 fully saturated rings. The molecule has 1 N–H and O–H groups in total. The Bertz CT molecular complexity index is 387. The number of carbonyl (C=O) groups is 1. The SMILES string of the molecule is C=CC(=O)OC1CCCCC1C(O)(C(F)(F)F)C(F)(F)F. The summed E-state index contributed by atoms with van der Waals surface area (Å²) in [5, 5.41) is 9.40. The molecule has 1 rings (SSSR count). The van der Waals surface area contributed by atoms with Gasteiger partial charge in [0, 0.05) is 12.0 Å². The molecule has 0 spiro atoms. The second kappa shape index (κ2) is 5.86. The van der Waals surface area contributed by atoms with Crippen LogP contribution in [-0.4, -0.2) is 35.1 Å². The number of hydrogen-bond donors (Lipinski definition) is 1. The first-order valence-electron chi connectivity index (χ1n) is 6.14. The van der Waals surface area contributed by atoms with Gasteiger partial charge < -0.3 is 9.84 Å². The normalized spacial score (nSPS) is 24.5. The summed E-state index contributed by atoms with van der Waals surface area (Å²) in [6.45, 7) is 3.03. The standard InChI is InChI=1S/C12H14F6O3/c1-2-9(19)21-8-6-4-3-5-7(8)10(20,11(13,14)15)12(16,17)18/h2,7-8,20H,1,3-6H2. The van der Waals surface area contributed by atoms with Crippen LogP contribution < -0.4 is 0 Å². The molecule has 0 radical (unpaired) electrons. The molecule has 1 aliphatic rings. The van der Waals surface area contributed by atoms with E-state index in [2.05, 4.69) is 11.3 Å². The maximum Gasteiger partial charge on any atom is 0.426 e. The maximum absolute atomic E-state index is 12.8. The molecule has 1 aliphatic carbocycles. The van der Waals surface area contributed by atoms with Crippen LogP contribution in [0.25, 0.3) is 0 Å². The summed E-state index contributed by atoms with van der Waals surface area (Å²) in [7, 11) is 0. The van der Waals surface area contributed by atoms with Crippen LogP contribution in [0.4, 0.5) is 26.3 Å². The molecule has 2 atom stereocenters. The van der Waals surface area contributed by atoms with Gasteiger partial charge in [-0.2, -0.15) is 26.3 Å². The fourth-order valence-electron chi connectivity index (χ4n) is 2.49. The zero-order valence-corrected chi connectivity index (χ0v) is 10.8. The molecule has 9 heteroatoms. The molecule has 21 heavy (non-hydrogen) atoms. The molecule has 0 heterocycles. The van der Waals surface area contributed by atoms with Crippen molar-refractivity contribution in [3.63, 3.8) is 0 Å². The third-order valence-electron chi connectivity index (χ3n) is 3.54. The Balaban J connectivity index is 3.20. The highest BCUT2D eigenvalue weighted by atomic mass is 19.4. The van der Waals surface area contributed by atoms with Gasteiger partial charge in [0.15, 0.2) is 0 Å². The molecule has 0 amide bonds. The van der Waals surface area contributed by atoms with Gasteiger partial charge in [0.2, 0.25) is 0 Å². The van der Waals surface area contributed by atoms with Gasteiger partial charge in [-0.05, 0) is 19.3 Å². The van der Waals surface area contributed by atoms with E-state index in [4.69, 9.17) is 0 Å². The number of ether oxygens (including phenoxy) is 1. The molecule has 0 aromatic carbocycles. The van der Waals surface area contributed by atoms with E-state index >= 15 is 0 Å². The Morgan fingerprint density at radius 3 is 2.00 bits per heavy atom. The number of alkyl halides is 6. The second-order valence-electron chi connectivity index (χ2n) is 4.83. The van der Waals surface area contributed by atoms with Gasteiger partial charge in [-0.25, -0.2) is 4.79 Å². The van der Waals surface area contributed by atoms with Crippen molar-refractivity contribution >= 4 is 5.97 Å². The van der Waals surface area contributed by atoms with Gasteiger partial charge in [-0.15, -0.1) is 0 Å². The minimum Gasteiger partial charge on any atom is -0.459 e. The molecule has 2 unspecified atom stereocenters. The Morgan fingerprint density at radius 2 is 1.57 bits per heavy atom. The summed E-state index contributed by atoms with van der Waals surface area (Å²) in [5.74, 6) is -3.42. The summed E-state index contributed by atoms with van der Waals surface area (Å²) >= 11 is 0. The highest BCUT2D eigenvalue weighted by molar-refractivity contribution is 5.81. The first-order chi connectivity index (χ1) is 9.45. The second-order valence-corrected chi connectivity index (χ2v) is 4.83. The third kappa shape index (κ3) is 3.33. The number of hydrogen-bond acceptors (Lipinski definition) is 3. The fourth-order valence-corrected chi connectivity index (χ4v) is 2.49. The van der Waals surface area contributed by atoms with Crippen LogP contribution in [0.15, 0.2) is 12.7 Å². The van der Waals surface area contributed by atoms with Crippen LogP contribution in [0.1, 0.15) is 25.7 Å². The van der Waals surface area contributed by atoms with Gasteiger partial charge in [0.05, 0.1) is 0 Å². The summed E-state index contributed by atoms with van der Waals surface area (Å²) < 4.78 is 81.7. The van der Waals surface area contributed by atoms with E-state index in [9.17, 15) is 36.2 Å². The van der Waals surface area contributed by atoms with E-state index in [1.165, 1.54) is 0 Å². The average molecular weight is 320 g/mol. The molecule has 3 nitrogen and oxygen atoms in total. The predicted octanol–water partition coefficient (Wildman–Crippen LogP) is 3.13. The summed E-state index contributed by atoms with van der Waals surface area (Å²) in [6, 6.07) is 0. The lowest BCUT2D eigenvalue weighted by Gasteiger charge is -2.43. The van der Waals surface area contributed by atoms with Crippen LogP contribution in [0.5, 0.6) is 0 Å². The lowest BCUT2D eigenvalue weighted by molar-refractivity contribution is -0.393. The Hall–Kier alpha value is -1.25. The van der Waals surface area contributed by atoms with Crippen molar-refractivity contribution < 1.29 is 41.0 Å². The zero-order chi connectivity index (χ0) is 16.5. The van der Waals surface area contributed by atoms with Gasteiger partial charge in [-0.3, -0.25) is 0 Å². The lowest BCUT2D eigenvalue weighted by Crippen LogP contribution is -2.65. The van der Waals surface area contributed by atoms with Crippen molar-refractivity contribution in [2.45, 2.75) is 49.7 Å². The van der Waals surface area contributed by atoms with Crippen molar-refractivity contribution in [3.05, 3.63) is 12.7 Å². The summed E-state index contributed by atoms with van der Waals surface area (Å²) in [4.78, 5) is 11.1. The molecule has 0 aromatic heterocycles. The van der Waals surface area contributed by atoms with E-state index < -0.39 is 42.4 Å². The fraction of sp³-hybridized carbons (Fsp3) is 0.750. The van der Waals surface area contributed by atoms with Gasteiger partial charge in [0.1, 0.15) is 6.10 Å². The highest BCUT2D eigenvalue weighted by Gasteiger charge is 2.75. The minimum atomic E-state index is -5.92. The molecule has 1 saturated carbocycles. The van der Waals surface area contributed by atoms with Gasteiger partial charge in [-0.1, -0.05) is 13.0 Å². The molecule has 0 bridgehead atoms. The number of rotatable bonds is 3. The zero-order valence-electron chi connectivity index (χ0n) is 10.8. The van der Waals surface area contributed by atoms with Gasteiger partial charge >= 0.3 is 18.3 Å². The molecular formula is C12H14F6O3. The van der Waals surface area contributed by atoms with Crippen LogP contribution in [0, 0.1) is 5.92 Å².